The molecule has 0 fully saturated rings. The Morgan fingerprint density at radius 3 is 2.35 bits per heavy atom. The van der Waals surface area contributed by atoms with Gasteiger partial charge in [-0.1, -0.05) is 13.8 Å². The van der Waals surface area contributed by atoms with Crippen molar-refractivity contribution in [2.24, 2.45) is 5.92 Å². The molecule has 1 rings (SSSR count). The topological polar surface area (TPSA) is 69.6 Å². The maximum atomic E-state index is 11.0. The van der Waals surface area contributed by atoms with Gasteiger partial charge in [0, 0.05) is 11.6 Å². The van der Waals surface area contributed by atoms with Gasteiger partial charge < -0.3 is 15.5 Å². The lowest BCUT2D eigenvalue weighted by molar-refractivity contribution is 0.112. The van der Waals surface area contributed by atoms with E-state index < -0.39 is 0 Å². The molecule has 0 spiro atoms. The Hall–Kier alpha value is -1.55. The van der Waals surface area contributed by atoms with E-state index in [1.807, 2.05) is 7.05 Å². The monoisotopic (exact) mass is 237 g/mol. The maximum absolute atomic E-state index is 11.0. The van der Waals surface area contributed by atoms with Crippen molar-refractivity contribution < 1.29 is 15.0 Å². The second-order valence-electron chi connectivity index (χ2n) is 4.56. The zero-order valence-electron chi connectivity index (χ0n) is 10.4. The summed E-state index contributed by atoms with van der Waals surface area (Å²) in [6, 6.07) is 2.73. The Morgan fingerprint density at radius 1 is 1.29 bits per heavy atom. The van der Waals surface area contributed by atoms with Gasteiger partial charge in [-0.3, -0.25) is 4.79 Å². The molecule has 0 saturated carbocycles. The molecule has 1 atom stereocenters. The van der Waals surface area contributed by atoms with Crippen LogP contribution in [0.2, 0.25) is 0 Å². The molecule has 0 aromatic heterocycles. The van der Waals surface area contributed by atoms with Gasteiger partial charge in [-0.15, -0.1) is 0 Å². The molecule has 0 aliphatic carbocycles. The minimum Gasteiger partial charge on any atom is -0.504 e. The highest BCUT2D eigenvalue weighted by atomic mass is 16.3. The number of hydrogen-bond acceptors (Lipinski definition) is 4. The summed E-state index contributed by atoms with van der Waals surface area (Å²) in [5.41, 5.74) is 1.12. The van der Waals surface area contributed by atoms with Gasteiger partial charge in [0.1, 0.15) is 0 Å². The summed E-state index contributed by atoms with van der Waals surface area (Å²) in [5.74, 6) is -0.00671. The van der Waals surface area contributed by atoms with Crippen molar-refractivity contribution in [3.8, 4) is 11.5 Å². The van der Waals surface area contributed by atoms with Crippen LogP contribution in [0.3, 0.4) is 0 Å². The van der Waals surface area contributed by atoms with Crippen LogP contribution in [0.1, 0.15) is 42.2 Å². The van der Waals surface area contributed by atoms with Gasteiger partial charge in [-0.2, -0.15) is 0 Å². The number of phenols is 2. The molecule has 0 aliphatic heterocycles. The first kappa shape index (κ1) is 13.5. The number of benzene rings is 1. The third-order valence-electron chi connectivity index (χ3n) is 2.74. The average molecular weight is 237 g/mol. The predicted molar refractivity (Wildman–Crippen MR) is 66.4 cm³/mol. The molecule has 0 amide bonds. The summed E-state index contributed by atoms with van der Waals surface area (Å²) < 4.78 is 0. The molecule has 0 aliphatic rings. The quantitative estimate of drug-likeness (QED) is 0.542. The summed E-state index contributed by atoms with van der Waals surface area (Å²) in [5, 5.41) is 22.0. The van der Waals surface area contributed by atoms with Crippen LogP contribution in [-0.2, 0) is 0 Å². The Labute approximate surface area is 101 Å². The SMILES string of the molecule is CNC(CC(C)C)c1cc(O)c(O)cc1C=O. The first-order chi connectivity index (χ1) is 7.99. The fraction of sp³-hybridized carbons (Fsp3) is 0.462. The van der Waals surface area contributed by atoms with Gasteiger partial charge in [0.15, 0.2) is 17.8 Å². The van der Waals surface area contributed by atoms with Crippen molar-refractivity contribution in [2.45, 2.75) is 26.3 Å². The highest BCUT2D eigenvalue weighted by Gasteiger charge is 2.17. The molecule has 1 unspecified atom stereocenters. The van der Waals surface area contributed by atoms with Crippen LogP contribution in [0, 0.1) is 5.92 Å². The first-order valence-corrected chi connectivity index (χ1v) is 5.67. The third kappa shape index (κ3) is 3.20. The van der Waals surface area contributed by atoms with Crippen molar-refractivity contribution in [2.75, 3.05) is 7.05 Å². The normalized spacial score (nSPS) is 12.7. The first-order valence-electron chi connectivity index (χ1n) is 5.67. The largest absolute Gasteiger partial charge is 0.504 e. The summed E-state index contributed by atoms with van der Waals surface area (Å²) in [6.07, 6.45) is 1.54. The second-order valence-corrected chi connectivity index (χ2v) is 4.56. The minimum atomic E-state index is -0.268. The lowest BCUT2D eigenvalue weighted by Crippen LogP contribution is -2.19. The van der Waals surface area contributed by atoms with Crippen LogP contribution >= 0.6 is 0 Å². The number of hydrogen-bond donors (Lipinski definition) is 3. The lowest BCUT2D eigenvalue weighted by atomic mass is 9.93. The van der Waals surface area contributed by atoms with Crippen LogP contribution in [-0.4, -0.2) is 23.5 Å². The fourth-order valence-corrected chi connectivity index (χ4v) is 1.88. The number of carbonyl (C=O) groups is 1. The standard InChI is InChI=1S/C13H19NO3/c1-8(2)4-11(14-3)10-6-13(17)12(16)5-9(10)7-15/h5-8,11,14,16-17H,4H2,1-3H3. The summed E-state index contributed by atoms with van der Waals surface area (Å²) in [7, 11) is 1.81. The molecule has 17 heavy (non-hydrogen) atoms. The molecular weight excluding hydrogens is 218 g/mol. The van der Waals surface area contributed by atoms with Crippen LogP contribution in [0.15, 0.2) is 12.1 Å². The van der Waals surface area contributed by atoms with Gasteiger partial charge in [-0.05, 0) is 37.1 Å². The number of rotatable bonds is 5. The minimum absolute atomic E-state index is 0.0123. The van der Waals surface area contributed by atoms with Gasteiger partial charge in [0.2, 0.25) is 0 Å². The van der Waals surface area contributed by atoms with Crippen LogP contribution in [0.5, 0.6) is 11.5 Å². The molecule has 4 nitrogen and oxygen atoms in total. The van der Waals surface area contributed by atoms with E-state index in [9.17, 15) is 15.0 Å². The Morgan fingerprint density at radius 2 is 1.88 bits per heavy atom. The lowest BCUT2D eigenvalue weighted by Gasteiger charge is -2.20. The summed E-state index contributed by atoms with van der Waals surface area (Å²) >= 11 is 0. The Kier molecular flexibility index (Phi) is 4.52. The van der Waals surface area contributed by atoms with E-state index >= 15 is 0 Å². The molecule has 0 saturated heterocycles. The van der Waals surface area contributed by atoms with Crippen molar-refractivity contribution in [1.29, 1.82) is 0 Å². The molecule has 4 heteroatoms. The number of carbonyl (C=O) groups excluding carboxylic acids is 1. The van der Waals surface area contributed by atoms with E-state index in [1.165, 1.54) is 12.1 Å². The number of nitrogens with one attached hydrogen (secondary N) is 1. The van der Waals surface area contributed by atoms with E-state index in [0.717, 1.165) is 6.42 Å². The molecule has 1 aromatic carbocycles. The van der Waals surface area contributed by atoms with Crippen LogP contribution in [0.4, 0.5) is 0 Å². The summed E-state index contributed by atoms with van der Waals surface area (Å²) in [4.78, 5) is 11.0. The van der Waals surface area contributed by atoms with Crippen molar-refractivity contribution >= 4 is 6.29 Å². The van der Waals surface area contributed by atoms with Crippen molar-refractivity contribution in [3.63, 3.8) is 0 Å². The molecule has 1 aromatic rings. The second kappa shape index (κ2) is 5.68. The highest BCUT2D eigenvalue weighted by Crippen LogP contribution is 2.32. The highest BCUT2D eigenvalue weighted by molar-refractivity contribution is 5.79. The van der Waals surface area contributed by atoms with Gasteiger partial charge in [0.05, 0.1) is 0 Å². The number of phenolic OH excluding ortho intramolecular Hbond substituents is 2. The molecule has 0 bridgehead atoms. The number of aromatic hydroxyl groups is 2. The van der Waals surface area contributed by atoms with Gasteiger partial charge >= 0.3 is 0 Å². The molecule has 94 valence electrons. The van der Waals surface area contributed by atoms with Gasteiger partial charge in [-0.25, -0.2) is 0 Å². The van der Waals surface area contributed by atoms with Crippen LogP contribution < -0.4 is 5.32 Å². The van der Waals surface area contributed by atoms with E-state index in [2.05, 4.69) is 19.2 Å². The third-order valence-corrected chi connectivity index (χ3v) is 2.74. The zero-order valence-corrected chi connectivity index (χ0v) is 10.4. The van der Waals surface area contributed by atoms with E-state index in [4.69, 9.17) is 0 Å². The Bertz CT molecular complexity index is 402. The van der Waals surface area contributed by atoms with E-state index in [0.29, 0.717) is 23.3 Å². The molecule has 0 heterocycles. The van der Waals surface area contributed by atoms with E-state index in [-0.39, 0.29) is 17.5 Å². The zero-order chi connectivity index (χ0) is 13.0. The van der Waals surface area contributed by atoms with Crippen LogP contribution in [0.25, 0.3) is 0 Å². The average Bonchev–Trinajstić information content (AvgIpc) is 2.28. The Balaban J connectivity index is 3.17. The van der Waals surface area contributed by atoms with Crippen molar-refractivity contribution in [3.05, 3.63) is 23.3 Å². The molecule has 0 radical (unpaired) electrons. The number of aldehydes is 1. The summed E-state index contributed by atoms with van der Waals surface area (Å²) in [6.45, 7) is 4.18. The maximum Gasteiger partial charge on any atom is 0.158 e. The van der Waals surface area contributed by atoms with Gasteiger partial charge in [0.25, 0.3) is 0 Å². The molecular formula is C13H19NO3. The predicted octanol–water partition coefficient (Wildman–Crippen LogP) is 2.22. The smallest absolute Gasteiger partial charge is 0.158 e. The fourth-order valence-electron chi connectivity index (χ4n) is 1.88. The van der Waals surface area contributed by atoms with E-state index in [1.54, 1.807) is 0 Å². The van der Waals surface area contributed by atoms with Crippen molar-refractivity contribution in [1.82, 2.24) is 5.32 Å². The molecule has 3 N–H and O–H groups in total.